The molecule has 1 aliphatic rings. The molecule has 52 valence electrons. The second-order valence-corrected chi connectivity index (χ2v) is 2.41. The van der Waals surface area contributed by atoms with Gasteiger partial charge < -0.3 is 4.74 Å². The predicted octanol–water partition coefficient (Wildman–Crippen LogP) is 0.772. The van der Waals surface area contributed by atoms with E-state index in [9.17, 15) is 4.79 Å². The highest BCUT2D eigenvalue weighted by atomic mass is 16.5. The van der Waals surface area contributed by atoms with Crippen molar-refractivity contribution >= 4 is 5.78 Å². The lowest BCUT2D eigenvalue weighted by Gasteiger charge is -2.22. The molecule has 0 fully saturated rings. The Morgan fingerprint density at radius 1 is 1.90 bits per heavy atom. The van der Waals surface area contributed by atoms with Crippen molar-refractivity contribution in [1.82, 2.24) is 0 Å². The van der Waals surface area contributed by atoms with Crippen LogP contribution in [0.1, 0.15) is 13.3 Å². The Bertz CT molecular complexity index is 226. The van der Waals surface area contributed by atoms with Gasteiger partial charge in [0.15, 0.2) is 11.4 Å². The van der Waals surface area contributed by atoms with E-state index in [1.54, 1.807) is 6.92 Å². The van der Waals surface area contributed by atoms with E-state index in [-0.39, 0.29) is 12.2 Å². The van der Waals surface area contributed by atoms with E-state index in [2.05, 4.69) is 0 Å². The van der Waals surface area contributed by atoms with Crippen LogP contribution < -0.4 is 0 Å². The van der Waals surface area contributed by atoms with Crippen LogP contribution in [-0.2, 0) is 9.53 Å². The summed E-state index contributed by atoms with van der Waals surface area (Å²) < 4.78 is 4.92. The maximum absolute atomic E-state index is 10.7. The van der Waals surface area contributed by atoms with Crippen molar-refractivity contribution in [2.45, 2.75) is 18.9 Å². The topological polar surface area (TPSA) is 50.1 Å². The normalized spacial score (nSPS) is 31.0. The van der Waals surface area contributed by atoms with Crippen molar-refractivity contribution < 1.29 is 9.53 Å². The fourth-order valence-electron chi connectivity index (χ4n) is 0.759. The number of hydrogen-bond donors (Lipinski definition) is 0. The summed E-state index contributed by atoms with van der Waals surface area (Å²) in [6.45, 7) is 1.59. The van der Waals surface area contributed by atoms with Gasteiger partial charge in [0, 0.05) is 6.08 Å². The fourth-order valence-corrected chi connectivity index (χ4v) is 0.759. The molecule has 0 aromatic heterocycles. The molecular weight excluding hydrogens is 130 g/mol. The Balaban J connectivity index is 2.80. The molecular formula is C7H7NO2. The van der Waals surface area contributed by atoms with E-state index in [0.717, 1.165) is 0 Å². The molecule has 0 spiro atoms. The van der Waals surface area contributed by atoms with Gasteiger partial charge in [0.25, 0.3) is 0 Å². The Hall–Kier alpha value is -1.30. The van der Waals surface area contributed by atoms with Gasteiger partial charge in [0.2, 0.25) is 0 Å². The number of allylic oxidation sites excluding steroid dienone is 1. The Morgan fingerprint density at radius 2 is 2.60 bits per heavy atom. The van der Waals surface area contributed by atoms with Crippen LogP contribution in [0.4, 0.5) is 0 Å². The molecule has 0 amide bonds. The predicted molar refractivity (Wildman–Crippen MR) is 33.9 cm³/mol. The third-order valence-corrected chi connectivity index (χ3v) is 1.33. The minimum Gasteiger partial charge on any atom is -0.480 e. The Kier molecular flexibility index (Phi) is 1.46. The second-order valence-electron chi connectivity index (χ2n) is 2.41. The summed E-state index contributed by atoms with van der Waals surface area (Å²) >= 11 is 0. The van der Waals surface area contributed by atoms with Crippen LogP contribution in [0, 0.1) is 11.3 Å². The molecule has 3 nitrogen and oxygen atoms in total. The molecule has 0 radical (unpaired) electrons. The third kappa shape index (κ3) is 1.16. The first-order valence-electron chi connectivity index (χ1n) is 2.95. The average Bonchev–Trinajstić information content (AvgIpc) is 1.88. The van der Waals surface area contributed by atoms with Crippen LogP contribution in [0.3, 0.4) is 0 Å². The summed E-state index contributed by atoms with van der Waals surface area (Å²) in [5.74, 6) is -0.0599. The first-order chi connectivity index (χ1) is 4.66. The zero-order chi connectivity index (χ0) is 7.61. The largest absolute Gasteiger partial charge is 0.480 e. The van der Waals surface area contributed by atoms with Gasteiger partial charge in [-0.15, -0.1) is 0 Å². The van der Waals surface area contributed by atoms with E-state index in [1.807, 2.05) is 6.07 Å². The molecule has 10 heavy (non-hydrogen) atoms. The maximum Gasteiger partial charge on any atom is 0.197 e. The molecule has 0 bridgehead atoms. The van der Waals surface area contributed by atoms with E-state index in [1.165, 1.54) is 12.3 Å². The summed E-state index contributed by atoms with van der Waals surface area (Å²) in [5, 5.41) is 8.51. The number of carbonyl (C=O) groups is 1. The number of carbonyl (C=O) groups excluding carboxylic acids is 1. The number of nitrogens with zero attached hydrogens (tertiary/aromatic N) is 1. The first-order valence-corrected chi connectivity index (χ1v) is 2.95. The third-order valence-electron chi connectivity index (χ3n) is 1.33. The van der Waals surface area contributed by atoms with Crippen molar-refractivity contribution in [2.75, 3.05) is 0 Å². The smallest absolute Gasteiger partial charge is 0.197 e. The van der Waals surface area contributed by atoms with Gasteiger partial charge in [-0.3, -0.25) is 4.79 Å². The fraction of sp³-hybridized carbons (Fsp3) is 0.429. The van der Waals surface area contributed by atoms with Gasteiger partial charge in [-0.05, 0) is 6.92 Å². The standard InChI is InChI=1S/C7H7NO2/c1-7(5-8)4-6(9)2-3-10-7/h2-3H,4H2,1H3. The van der Waals surface area contributed by atoms with E-state index in [4.69, 9.17) is 10.00 Å². The molecule has 1 unspecified atom stereocenters. The minimum atomic E-state index is -0.939. The molecule has 3 heteroatoms. The van der Waals surface area contributed by atoms with Gasteiger partial charge in [-0.25, -0.2) is 0 Å². The SMILES string of the molecule is CC1(C#N)CC(=O)C=CO1. The lowest BCUT2D eigenvalue weighted by atomic mass is 9.99. The summed E-state index contributed by atoms with van der Waals surface area (Å²) in [7, 11) is 0. The Labute approximate surface area is 58.9 Å². The van der Waals surface area contributed by atoms with Crippen LogP contribution in [0.2, 0.25) is 0 Å². The van der Waals surface area contributed by atoms with Crippen LogP contribution in [0.5, 0.6) is 0 Å². The zero-order valence-electron chi connectivity index (χ0n) is 5.63. The molecule has 0 aromatic rings. The van der Waals surface area contributed by atoms with Gasteiger partial charge in [-0.2, -0.15) is 5.26 Å². The van der Waals surface area contributed by atoms with Crippen LogP contribution in [0.15, 0.2) is 12.3 Å². The number of rotatable bonds is 0. The quantitative estimate of drug-likeness (QED) is 0.495. The highest BCUT2D eigenvalue weighted by Gasteiger charge is 2.29. The van der Waals surface area contributed by atoms with Crippen LogP contribution >= 0.6 is 0 Å². The second kappa shape index (κ2) is 2.14. The molecule has 1 heterocycles. The summed E-state index contributed by atoms with van der Waals surface area (Å²) in [6.07, 6.45) is 2.76. The number of ether oxygens (including phenoxy) is 1. The first kappa shape index (κ1) is 6.81. The van der Waals surface area contributed by atoms with Crippen molar-refractivity contribution in [3.8, 4) is 6.07 Å². The molecule has 0 saturated heterocycles. The average molecular weight is 137 g/mol. The lowest BCUT2D eigenvalue weighted by Crippen LogP contribution is -2.30. The molecule has 0 aliphatic carbocycles. The van der Waals surface area contributed by atoms with Crippen LogP contribution in [0.25, 0.3) is 0 Å². The van der Waals surface area contributed by atoms with E-state index >= 15 is 0 Å². The molecule has 0 N–H and O–H groups in total. The van der Waals surface area contributed by atoms with Crippen molar-refractivity contribution in [3.63, 3.8) is 0 Å². The molecule has 1 rings (SSSR count). The minimum absolute atomic E-state index is 0.0599. The van der Waals surface area contributed by atoms with Gasteiger partial charge in [0.1, 0.15) is 6.07 Å². The van der Waals surface area contributed by atoms with Gasteiger partial charge in [0.05, 0.1) is 12.7 Å². The Morgan fingerprint density at radius 3 is 3.00 bits per heavy atom. The van der Waals surface area contributed by atoms with E-state index in [0.29, 0.717) is 0 Å². The van der Waals surface area contributed by atoms with Gasteiger partial charge in [-0.1, -0.05) is 0 Å². The van der Waals surface area contributed by atoms with Crippen molar-refractivity contribution in [3.05, 3.63) is 12.3 Å². The number of hydrogen-bond acceptors (Lipinski definition) is 3. The van der Waals surface area contributed by atoms with Crippen LogP contribution in [-0.4, -0.2) is 11.4 Å². The number of ketones is 1. The van der Waals surface area contributed by atoms with Gasteiger partial charge >= 0.3 is 0 Å². The summed E-state index contributed by atoms with van der Waals surface area (Å²) in [6, 6.07) is 1.92. The highest BCUT2D eigenvalue weighted by Crippen LogP contribution is 2.19. The van der Waals surface area contributed by atoms with Crippen molar-refractivity contribution in [2.24, 2.45) is 0 Å². The molecule has 1 aliphatic heterocycles. The number of nitriles is 1. The summed E-state index contributed by atoms with van der Waals surface area (Å²) in [5.41, 5.74) is -0.939. The zero-order valence-corrected chi connectivity index (χ0v) is 5.63. The highest BCUT2D eigenvalue weighted by molar-refractivity contribution is 5.91. The monoisotopic (exact) mass is 137 g/mol. The molecule has 0 aromatic carbocycles. The lowest BCUT2D eigenvalue weighted by molar-refractivity contribution is -0.119. The molecule has 0 saturated carbocycles. The summed E-state index contributed by atoms with van der Waals surface area (Å²) in [4.78, 5) is 10.7. The van der Waals surface area contributed by atoms with Crippen molar-refractivity contribution in [1.29, 1.82) is 5.26 Å². The van der Waals surface area contributed by atoms with E-state index < -0.39 is 5.60 Å². The maximum atomic E-state index is 10.7. The molecule has 1 atom stereocenters.